The van der Waals surface area contributed by atoms with Crippen LogP contribution in [0, 0.1) is 0 Å². The Kier molecular flexibility index (Phi) is 6.81. The molecule has 26 heavy (non-hydrogen) atoms. The molecule has 1 aromatic carbocycles. The Balaban J connectivity index is 1.82. The van der Waals surface area contributed by atoms with Crippen LogP contribution in [0.3, 0.4) is 0 Å². The van der Waals surface area contributed by atoms with Crippen LogP contribution in [-0.4, -0.2) is 68.3 Å². The highest BCUT2D eigenvalue weighted by Crippen LogP contribution is 2.24. The monoisotopic (exact) mass is 374 g/mol. The first-order valence-corrected chi connectivity index (χ1v) is 8.08. The van der Waals surface area contributed by atoms with Gasteiger partial charge in [0.2, 0.25) is 5.91 Å². The number of nitrogens with zero attached hydrogens (tertiary/aromatic N) is 1. The molecule has 2 amide bonds. The summed E-state index contributed by atoms with van der Waals surface area (Å²) < 4.78 is 44.9. The minimum absolute atomic E-state index is 0.267. The molecular formula is C16H21F3N4O3. The minimum Gasteiger partial charge on any atom is -0.484 e. The number of halogens is 3. The maximum atomic E-state index is 13.2. The van der Waals surface area contributed by atoms with Crippen molar-refractivity contribution in [1.82, 2.24) is 15.5 Å². The number of piperazine rings is 1. The molecule has 1 heterocycles. The molecule has 0 spiro atoms. The summed E-state index contributed by atoms with van der Waals surface area (Å²) in [6.07, 6.45) is -4.43. The first-order chi connectivity index (χ1) is 12.3. The number of ether oxygens (including phenoxy) is 1. The Labute approximate surface area is 148 Å². The standard InChI is InChI=1S/C16H21F3N4O3/c17-16(18,19)13(23-7-5-21-6-8-23)9-22-14(24)10-26-12-3-1-11(2-4-12)15(20)25/h1-4,13,21H,5-10H2,(H2,20,25)(H,22,24). The average molecular weight is 374 g/mol. The molecule has 1 unspecified atom stereocenters. The number of carbonyl (C=O) groups is 2. The van der Waals surface area contributed by atoms with Crippen LogP contribution in [0.4, 0.5) is 13.2 Å². The molecule has 1 aliphatic rings. The molecule has 0 aromatic heterocycles. The molecule has 1 aliphatic heterocycles. The van der Waals surface area contributed by atoms with Gasteiger partial charge in [-0.15, -0.1) is 0 Å². The lowest BCUT2D eigenvalue weighted by molar-refractivity contribution is -0.184. The van der Waals surface area contributed by atoms with E-state index >= 15 is 0 Å². The summed E-state index contributed by atoms with van der Waals surface area (Å²) in [6, 6.07) is 4.03. The molecule has 1 saturated heterocycles. The van der Waals surface area contributed by atoms with Crippen LogP contribution in [0.25, 0.3) is 0 Å². The number of alkyl halides is 3. The predicted octanol–water partition coefficient (Wildman–Crippen LogP) is 0.117. The lowest BCUT2D eigenvalue weighted by atomic mass is 10.2. The zero-order valence-corrected chi connectivity index (χ0v) is 14.0. The maximum Gasteiger partial charge on any atom is 0.405 e. The van der Waals surface area contributed by atoms with Crippen LogP contribution in [0.15, 0.2) is 24.3 Å². The predicted molar refractivity (Wildman–Crippen MR) is 87.8 cm³/mol. The number of rotatable bonds is 7. The minimum atomic E-state index is -4.43. The SMILES string of the molecule is NC(=O)c1ccc(OCC(=O)NCC(N2CCNCC2)C(F)(F)F)cc1. The third-order valence-electron chi connectivity index (χ3n) is 3.97. The highest BCUT2D eigenvalue weighted by molar-refractivity contribution is 5.92. The maximum absolute atomic E-state index is 13.2. The summed E-state index contributed by atoms with van der Waals surface area (Å²) >= 11 is 0. The summed E-state index contributed by atoms with van der Waals surface area (Å²) in [4.78, 5) is 24.1. The number of benzene rings is 1. The molecule has 1 fully saturated rings. The molecule has 144 valence electrons. The average Bonchev–Trinajstić information content (AvgIpc) is 2.60. The van der Waals surface area contributed by atoms with Crippen molar-refractivity contribution in [2.45, 2.75) is 12.2 Å². The number of nitrogens with one attached hydrogen (secondary N) is 2. The normalized spacial score (nSPS) is 16.7. The number of hydrogen-bond acceptors (Lipinski definition) is 5. The van der Waals surface area contributed by atoms with E-state index < -0.39 is 37.2 Å². The summed E-state index contributed by atoms with van der Waals surface area (Å²) in [5, 5.41) is 5.26. The lowest BCUT2D eigenvalue weighted by Gasteiger charge is -2.35. The molecular weight excluding hydrogens is 353 g/mol. The van der Waals surface area contributed by atoms with Gasteiger partial charge in [-0.1, -0.05) is 0 Å². The number of hydrogen-bond donors (Lipinski definition) is 3. The van der Waals surface area contributed by atoms with Crippen LogP contribution in [-0.2, 0) is 4.79 Å². The van der Waals surface area contributed by atoms with Crippen LogP contribution in [0.2, 0.25) is 0 Å². The molecule has 0 aliphatic carbocycles. The van der Waals surface area contributed by atoms with Gasteiger partial charge in [0.05, 0.1) is 0 Å². The molecule has 7 nitrogen and oxygen atoms in total. The Morgan fingerprint density at radius 2 is 1.85 bits per heavy atom. The van der Waals surface area contributed by atoms with E-state index in [9.17, 15) is 22.8 Å². The summed E-state index contributed by atoms with van der Waals surface area (Å²) in [6.45, 7) is 0.524. The second kappa shape index (κ2) is 8.86. The zero-order valence-electron chi connectivity index (χ0n) is 14.0. The van der Waals surface area contributed by atoms with Gasteiger partial charge in [-0.25, -0.2) is 0 Å². The van der Waals surface area contributed by atoms with E-state index in [-0.39, 0.29) is 18.7 Å². The molecule has 1 atom stereocenters. The fourth-order valence-corrected chi connectivity index (χ4v) is 2.57. The van der Waals surface area contributed by atoms with Crippen LogP contribution in [0.5, 0.6) is 5.75 Å². The van der Waals surface area contributed by atoms with Gasteiger partial charge in [-0.3, -0.25) is 14.5 Å². The Bertz CT molecular complexity index is 616. The van der Waals surface area contributed by atoms with Gasteiger partial charge in [0, 0.05) is 38.3 Å². The topological polar surface area (TPSA) is 96.7 Å². The van der Waals surface area contributed by atoms with Crippen molar-refractivity contribution in [2.75, 3.05) is 39.3 Å². The molecule has 0 radical (unpaired) electrons. The van der Waals surface area contributed by atoms with Crippen LogP contribution < -0.4 is 21.1 Å². The van der Waals surface area contributed by atoms with E-state index in [4.69, 9.17) is 10.5 Å². The molecule has 10 heteroatoms. The molecule has 1 aromatic rings. The molecule has 2 rings (SSSR count). The van der Waals surface area contributed by atoms with Crippen molar-refractivity contribution in [1.29, 1.82) is 0 Å². The quantitative estimate of drug-likeness (QED) is 0.630. The van der Waals surface area contributed by atoms with Crippen molar-refractivity contribution in [2.24, 2.45) is 5.73 Å². The first kappa shape index (κ1) is 20.0. The van der Waals surface area contributed by atoms with Gasteiger partial charge in [0.1, 0.15) is 11.8 Å². The fourth-order valence-electron chi connectivity index (χ4n) is 2.57. The summed E-state index contributed by atoms with van der Waals surface area (Å²) in [5.41, 5.74) is 5.39. The van der Waals surface area contributed by atoms with E-state index in [1.54, 1.807) is 0 Å². The van der Waals surface area contributed by atoms with Gasteiger partial charge in [-0.05, 0) is 24.3 Å². The number of amides is 2. The van der Waals surface area contributed by atoms with Gasteiger partial charge >= 0.3 is 6.18 Å². The highest BCUT2D eigenvalue weighted by Gasteiger charge is 2.43. The van der Waals surface area contributed by atoms with Gasteiger partial charge in [-0.2, -0.15) is 13.2 Å². The van der Waals surface area contributed by atoms with Gasteiger partial charge < -0.3 is 21.1 Å². The van der Waals surface area contributed by atoms with Crippen molar-refractivity contribution >= 4 is 11.8 Å². The van der Waals surface area contributed by atoms with Crippen molar-refractivity contribution in [3.05, 3.63) is 29.8 Å². The van der Waals surface area contributed by atoms with Crippen LogP contribution >= 0.6 is 0 Å². The number of nitrogens with two attached hydrogens (primary N) is 1. The Morgan fingerprint density at radius 3 is 2.38 bits per heavy atom. The number of primary amides is 1. The van der Waals surface area contributed by atoms with Gasteiger partial charge in [0.25, 0.3) is 5.91 Å². The van der Waals surface area contributed by atoms with Crippen molar-refractivity contribution in [3.63, 3.8) is 0 Å². The van der Waals surface area contributed by atoms with Crippen LogP contribution in [0.1, 0.15) is 10.4 Å². The van der Waals surface area contributed by atoms with E-state index in [1.165, 1.54) is 29.2 Å². The van der Waals surface area contributed by atoms with Crippen molar-refractivity contribution in [3.8, 4) is 5.75 Å². The number of carbonyl (C=O) groups excluding carboxylic acids is 2. The van der Waals surface area contributed by atoms with E-state index in [0.717, 1.165) is 0 Å². The third kappa shape index (κ3) is 5.88. The van der Waals surface area contributed by atoms with E-state index in [0.29, 0.717) is 18.8 Å². The van der Waals surface area contributed by atoms with Gasteiger partial charge in [0.15, 0.2) is 6.61 Å². The lowest BCUT2D eigenvalue weighted by Crippen LogP contribution is -2.57. The fraction of sp³-hybridized carbons (Fsp3) is 0.500. The Hall–Kier alpha value is -2.33. The molecule has 4 N–H and O–H groups in total. The molecule has 0 saturated carbocycles. The van der Waals surface area contributed by atoms with Crippen molar-refractivity contribution < 1.29 is 27.5 Å². The summed E-state index contributed by atoms with van der Waals surface area (Å²) in [7, 11) is 0. The van der Waals surface area contributed by atoms with E-state index in [2.05, 4.69) is 10.6 Å². The largest absolute Gasteiger partial charge is 0.484 e. The zero-order chi connectivity index (χ0) is 19.2. The second-order valence-electron chi connectivity index (χ2n) is 5.82. The Morgan fingerprint density at radius 1 is 1.23 bits per heavy atom. The van der Waals surface area contributed by atoms with E-state index in [1.807, 2.05) is 0 Å². The third-order valence-corrected chi connectivity index (χ3v) is 3.97. The molecule has 0 bridgehead atoms. The highest BCUT2D eigenvalue weighted by atomic mass is 19.4. The summed E-state index contributed by atoms with van der Waals surface area (Å²) in [5.74, 6) is -0.951. The smallest absolute Gasteiger partial charge is 0.405 e. The first-order valence-electron chi connectivity index (χ1n) is 8.08. The second-order valence-corrected chi connectivity index (χ2v) is 5.82.